The van der Waals surface area contributed by atoms with Crippen LogP contribution in [0, 0.1) is 13.8 Å². The summed E-state index contributed by atoms with van der Waals surface area (Å²) in [6, 6.07) is 17.8. The summed E-state index contributed by atoms with van der Waals surface area (Å²) in [5, 5.41) is 8.39. The molecule has 6 nitrogen and oxygen atoms in total. The molecule has 0 fully saturated rings. The van der Waals surface area contributed by atoms with Gasteiger partial charge < -0.3 is 10.1 Å². The Labute approximate surface area is 188 Å². The van der Waals surface area contributed by atoms with E-state index in [2.05, 4.69) is 49.2 Å². The Balaban J connectivity index is 1.50. The van der Waals surface area contributed by atoms with E-state index in [9.17, 15) is 4.79 Å². The molecule has 0 spiro atoms. The summed E-state index contributed by atoms with van der Waals surface area (Å²) in [6.07, 6.45) is 1.65. The number of pyridine rings is 1. The standard InChI is InChI=1S/C26H28N4O2/c1-17-11-12-23(22(13-17)26(3,4)5)32-16-24(31)28-19-14-21-18(2)29-30(25(21)27-15-19)20-9-7-6-8-10-20/h6-15H,16H2,1-5H3,(H,28,31). The fraction of sp³-hybridized carbons (Fsp3) is 0.269. The van der Waals surface area contributed by atoms with Crippen LogP contribution in [0.1, 0.15) is 37.6 Å². The zero-order valence-electron chi connectivity index (χ0n) is 19.1. The van der Waals surface area contributed by atoms with Crippen molar-refractivity contribution in [3.63, 3.8) is 0 Å². The monoisotopic (exact) mass is 428 g/mol. The van der Waals surface area contributed by atoms with Gasteiger partial charge in [0.2, 0.25) is 0 Å². The summed E-state index contributed by atoms with van der Waals surface area (Å²) >= 11 is 0. The van der Waals surface area contributed by atoms with E-state index in [1.807, 2.05) is 60.1 Å². The highest BCUT2D eigenvalue weighted by Crippen LogP contribution is 2.32. The van der Waals surface area contributed by atoms with Crippen molar-refractivity contribution in [3.8, 4) is 11.4 Å². The van der Waals surface area contributed by atoms with E-state index in [4.69, 9.17) is 4.74 Å². The van der Waals surface area contributed by atoms with Gasteiger partial charge in [-0.3, -0.25) is 4.79 Å². The van der Waals surface area contributed by atoms with Crippen LogP contribution in [-0.2, 0) is 10.2 Å². The maximum Gasteiger partial charge on any atom is 0.262 e. The molecule has 2 heterocycles. The van der Waals surface area contributed by atoms with Crippen LogP contribution in [0.25, 0.3) is 16.7 Å². The van der Waals surface area contributed by atoms with Crippen LogP contribution in [0.4, 0.5) is 5.69 Å². The first-order valence-electron chi connectivity index (χ1n) is 10.7. The van der Waals surface area contributed by atoms with Crippen LogP contribution >= 0.6 is 0 Å². The molecule has 4 rings (SSSR count). The summed E-state index contributed by atoms with van der Waals surface area (Å²) < 4.78 is 7.69. The predicted molar refractivity (Wildman–Crippen MR) is 128 cm³/mol. The summed E-state index contributed by atoms with van der Waals surface area (Å²) in [7, 11) is 0. The Hall–Kier alpha value is -3.67. The van der Waals surface area contributed by atoms with E-state index in [1.165, 1.54) is 0 Å². The van der Waals surface area contributed by atoms with Crippen LogP contribution in [0.3, 0.4) is 0 Å². The summed E-state index contributed by atoms with van der Waals surface area (Å²) in [5.74, 6) is 0.492. The lowest BCUT2D eigenvalue weighted by molar-refractivity contribution is -0.118. The van der Waals surface area contributed by atoms with Crippen LogP contribution in [-0.4, -0.2) is 27.3 Å². The van der Waals surface area contributed by atoms with E-state index < -0.39 is 0 Å². The number of aromatic nitrogens is 3. The van der Waals surface area contributed by atoms with Crippen LogP contribution in [0.2, 0.25) is 0 Å². The Morgan fingerprint density at radius 3 is 2.53 bits per heavy atom. The smallest absolute Gasteiger partial charge is 0.262 e. The maximum absolute atomic E-state index is 12.6. The number of anilines is 1. The summed E-state index contributed by atoms with van der Waals surface area (Å²) in [5.41, 5.74) is 5.31. The van der Waals surface area contributed by atoms with E-state index >= 15 is 0 Å². The van der Waals surface area contributed by atoms with E-state index in [0.717, 1.165) is 39.3 Å². The molecule has 0 atom stereocenters. The predicted octanol–water partition coefficient (Wildman–Crippen LogP) is 5.35. The summed E-state index contributed by atoms with van der Waals surface area (Å²) in [6.45, 7) is 10.3. The van der Waals surface area contributed by atoms with Gasteiger partial charge >= 0.3 is 0 Å². The highest BCUT2D eigenvalue weighted by atomic mass is 16.5. The average molecular weight is 429 g/mol. The van der Waals surface area contributed by atoms with Gasteiger partial charge in [-0.05, 0) is 49.1 Å². The van der Waals surface area contributed by atoms with E-state index in [1.54, 1.807) is 6.20 Å². The fourth-order valence-electron chi connectivity index (χ4n) is 3.66. The molecule has 1 amide bonds. The average Bonchev–Trinajstić information content (AvgIpc) is 3.09. The van der Waals surface area contributed by atoms with Gasteiger partial charge in [-0.2, -0.15) is 5.10 Å². The molecule has 0 aliphatic heterocycles. The molecule has 32 heavy (non-hydrogen) atoms. The molecule has 0 radical (unpaired) electrons. The number of hydrogen-bond donors (Lipinski definition) is 1. The number of nitrogens with one attached hydrogen (secondary N) is 1. The van der Waals surface area contributed by atoms with Gasteiger partial charge in [0.15, 0.2) is 12.3 Å². The Morgan fingerprint density at radius 2 is 1.81 bits per heavy atom. The van der Waals surface area contributed by atoms with Crippen molar-refractivity contribution >= 4 is 22.6 Å². The second-order valence-electron chi connectivity index (χ2n) is 9.01. The van der Waals surface area contributed by atoms with Gasteiger partial charge in [-0.1, -0.05) is 56.7 Å². The van der Waals surface area contributed by atoms with Gasteiger partial charge in [-0.25, -0.2) is 9.67 Å². The normalized spacial score (nSPS) is 11.5. The van der Waals surface area contributed by atoms with E-state index in [-0.39, 0.29) is 17.9 Å². The third-order valence-corrected chi connectivity index (χ3v) is 5.29. The third-order valence-electron chi connectivity index (χ3n) is 5.29. The Bertz CT molecular complexity index is 1270. The zero-order chi connectivity index (χ0) is 22.9. The van der Waals surface area contributed by atoms with Gasteiger partial charge in [0, 0.05) is 5.39 Å². The zero-order valence-corrected chi connectivity index (χ0v) is 19.1. The number of benzene rings is 2. The number of hydrogen-bond acceptors (Lipinski definition) is 4. The molecular formula is C26H28N4O2. The van der Waals surface area contributed by atoms with Gasteiger partial charge in [0.05, 0.1) is 23.3 Å². The molecule has 1 N–H and O–H groups in total. The van der Waals surface area contributed by atoms with Gasteiger partial charge in [-0.15, -0.1) is 0 Å². The number of ether oxygens (including phenoxy) is 1. The number of carbonyl (C=O) groups is 1. The lowest BCUT2D eigenvalue weighted by Gasteiger charge is -2.23. The van der Waals surface area contributed by atoms with Crippen molar-refractivity contribution in [2.45, 2.75) is 40.0 Å². The van der Waals surface area contributed by atoms with Crippen molar-refractivity contribution in [2.75, 3.05) is 11.9 Å². The second-order valence-corrected chi connectivity index (χ2v) is 9.01. The molecule has 164 valence electrons. The van der Waals surface area contributed by atoms with Crippen molar-refractivity contribution < 1.29 is 9.53 Å². The minimum absolute atomic E-state index is 0.0769. The molecule has 2 aromatic carbocycles. The second kappa shape index (κ2) is 8.46. The number of aryl methyl sites for hydroxylation is 2. The van der Waals surface area contributed by atoms with Crippen molar-refractivity contribution in [1.82, 2.24) is 14.8 Å². The minimum Gasteiger partial charge on any atom is -0.483 e. The molecule has 0 aliphatic rings. The van der Waals surface area contributed by atoms with Crippen LogP contribution in [0.5, 0.6) is 5.75 Å². The summed E-state index contributed by atoms with van der Waals surface area (Å²) in [4.78, 5) is 17.1. The first-order chi connectivity index (χ1) is 15.2. The number of para-hydroxylation sites is 1. The molecule has 0 saturated carbocycles. The molecule has 2 aromatic heterocycles. The number of nitrogens with zero attached hydrogens (tertiary/aromatic N) is 3. The van der Waals surface area contributed by atoms with Crippen molar-refractivity contribution in [3.05, 3.63) is 77.6 Å². The van der Waals surface area contributed by atoms with Crippen LogP contribution in [0.15, 0.2) is 60.8 Å². The molecule has 0 aliphatic carbocycles. The number of carbonyl (C=O) groups excluding carboxylic acids is 1. The number of fused-ring (bicyclic) bond motifs is 1. The van der Waals surface area contributed by atoms with Gasteiger partial charge in [0.25, 0.3) is 5.91 Å². The lowest BCUT2D eigenvalue weighted by atomic mass is 9.85. The van der Waals surface area contributed by atoms with Crippen LogP contribution < -0.4 is 10.1 Å². The molecule has 6 heteroatoms. The molecule has 0 unspecified atom stereocenters. The molecule has 0 saturated heterocycles. The fourth-order valence-corrected chi connectivity index (χ4v) is 3.66. The third kappa shape index (κ3) is 4.49. The minimum atomic E-state index is -0.236. The van der Waals surface area contributed by atoms with E-state index in [0.29, 0.717) is 5.69 Å². The Kier molecular flexibility index (Phi) is 5.70. The maximum atomic E-state index is 12.6. The quantitative estimate of drug-likeness (QED) is 0.465. The highest BCUT2D eigenvalue weighted by Gasteiger charge is 2.20. The van der Waals surface area contributed by atoms with Crippen molar-refractivity contribution in [2.24, 2.45) is 0 Å². The van der Waals surface area contributed by atoms with Gasteiger partial charge in [0.1, 0.15) is 5.75 Å². The first kappa shape index (κ1) is 21.6. The molecular weight excluding hydrogens is 400 g/mol. The lowest BCUT2D eigenvalue weighted by Crippen LogP contribution is -2.22. The highest BCUT2D eigenvalue weighted by molar-refractivity contribution is 5.94. The SMILES string of the molecule is Cc1ccc(OCC(=O)Nc2cnc3c(c2)c(C)nn3-c2ccccc2)c(C(C)(C)C)c1. The topological polar surface area (TPSA) is 69.0 Å². The van der Waals surface area contributed by atoms with Crippen molar-refractivity contribution in [1.29, 1.82) is 0 Å². The first-order valence-corrected chi connectivity index (χ1v) is 10.7. The number of amides is 1. The molecule has 0 bridgehead atoms. The Morgan fingerprint density at radius 1 is 1.06 bits per heavy atom. The largest absolute Gasteiger partial charge is 0.483 e. The number of rotatable bonds is 5. The molecule has 4 aromatic rings.